The molecule has 0 aromatic heterocycles. The number of hydrogen-bond donors (Lipinski definition) is 1. The lowest BCUT2D eigenvalue weighted by Crippen LogP contribution is -2.32. The molecule has 3 aromatic carbocycles. The Balaban J connectivity index is 1.82. The topological polar surface area (TPSA) is 67.9 Å². The summed E-state index contributed by atoms with van der Waals surface area (Å²) >= 11 is 0. The maximum Gasteiger partial charge on any atom is 0.282 e. The molecule has 2 amide bonds. The smallest absolute Gasteiger partial charge is 0.282 e. The summed E-state index contributed by atoms with van der Waals surface area (Å²) in [5.74, 6) is 0.413. The maximum atomic E-state index is 13.7. The van der Waals surface area contributed by atoms with Gasteiger partial charge in [-0.05, 0) is 48.2 Å². The fourth-order valence-corrected chi connectivity index (χ4v) is 3.92. The maximum absolute atomic E-state index is 13.7. The normalized spacial score (nSPS) is 13.6. The van der Waals surface area contributed by atoms with Gasteiger partial charge in [0.1, 0.15) is 17.2 Å². The minimum absolute atomic E-state index is 0.219. The molecule has 174 valence electrons. The molecule has 0 fully saturated rings. The highest BCUT2D eigenvalue weighted by atomic mass is 16.5. The fraction of sp³-hybridized carbons (Fsp3) is 0.214. The van der Waals surface area contributed by atoms with Gasteiger partial charge in [0.05, 0.1) is 25.5 Å². The van der Waals surface area contributed by atoms with Crippen LogP contribution >= 0.6 is 0 Å². The van der Waals surface area contributed by atoms with Crippen LogP contribution in [-0.2, 0) is 9.59 Å². The second kappa shape index (κ2) is 9.43. The van der Waals surface area contributed by atoms with Crippen molar-refractivity contribution in [1.29, 1.82) is 0 Å². The van der Waals surface area contributed by atoms with Crippen molar-refractivity contribution >= 4 is 28.8 Å². The Morgan fingerprint density at radius 3 is 2.09 bits per heavy atom. The molecule has 6 heteroatoms. The van der Waals surface area contributed by atoms with Crippen molar-refractivity contribution in [1.82, 2.24) is 0 Å². The quantitative estimate of drug-likeness (QED) is 0.473. The third kappa shape index (κ3) is 4.27. The zero-order valence-electron chi connectivity index (χ0n) is 20.0. The summed E-state index contributed by atoms with van der Waals surface area (Å²) in [6.07, 6.45) is 0. The van der Waals surface area contributed by atoms with E-state index in [1.807, 2.05) is 55.5 Å². The van der Waals surface area contributed by atoms with Crippen LogP contribution in [0.15, 0.2) is 72.4 Å². The number of methoxy groups -OCH3 is 2. The number of nitrogens with zero attached hydrogens (tertiary/aromatic N) is 1. The molecule has 0 saturated carbocycles. The summed E-state index contributed by atoms with van der Waals surface area (Å²) in [6, 6.07) is 20.4. The van der Waals surface area contributed by atoms with E-state index in [4.69, 9.17) is 9.47 Å². The van der Waals surface area contributed by atoms with E-state index in [0.29, 0.717) is 34.2 Å². The van der Waals surface area contributed by atoms with Gasteiger partial charge < -0.3 is 14.8 Å². The molecule has 0 spiro atoms. The first-order valence-corrected chi connectivity index (χ1v) is 11.1. The van der Waals surface area contributed by atoms with Crippen LogP contribution in [0.5, 0.6) is 11.5 Å². The molecule has 0 saturated heterocycles. The van der Waals surface area contributed by atoms with Gasteiger partial charge >= 0.3 is 0 Å². The average Bonchev–Trinajstić information content (AvgIpc) is 3.08. The number of ether oxygens (including phenoxy) is 2. The lowest BCUT2D eigenvalue weighted by molar-refractivity contribution is -0.120. The molecule has 0 unspecified atom stereocenters. The number of benzene rings is 3. The molecule has 4 rings (SSSR count). The first-order valence-electron chi connectivity index (χ1n) is 11.1. The van der Waals surface area contributed by atoms with Crippen molar-refractivity contribution in [2.24, 2.45) is 0 Å². The van der Waals surface area contributed by atoms with Crippen LogP contribution in [0.1, 0.15) is 36.5 Å². The van der Waals surface area contributed by atoms with E-state index in [2.05, 4.69) is 19.2 Å². The van der Waals surface area contributed by atoms with Gasteiger partial charge in [0.15, 0.2) is 0 Å². The van der Waals surface area contributed by atoms with Crippen molar-refractivity contribution in [2.45, 2.75) is 26.7 Å². The Labute approximate surface area is 199 Å². The molecular weight excluding hydrogens is 428 g/mol. The van der Waals surface area contributed by atoms with Crippen LogP contribution in [0.25, 0.3) is 5.57 Å². The molecule has 1 heterocycles. The Hall–Kier alpha value is -4.06. The highest BCUT2D eigenvalue weighted by Gasteiger charge is 2.41. The molecule has 0 aliphatic carbocycles. The summed E-state index contributed by atoms with van der Waals surface area (Å²) in [5, 5.41) is 3.21. The van der Waals surface area contributed by atoms with E-state index in [-0.39, 0.29) is 5.70 Å². The van der Waals surface area contributed by atoms with E-state index in [0.717, 1.165) is 16.2 Å². The third-order valence-corrected chi connectivity index (χ3v) is 5.90. The standard InChI is InChI=1S/C28H28N2O4/c1-17(2)19-10-12-21(13-11-19)29-26-25(20-8-6-18(3)7-9-20)27(31)30(28(26)32)23-16-22(33-4)14-15-24(23)34-5/h6-17,29H,1-5H3. The minimum atomic E-state index is -0.458. The summed E-state index contributed by atoms with van der Waals surface area (Å²) in [6.45, 7) is 6.22. The summed E-state index contributed by atoms with van der Waals surface area (Å²) in [4.78, 5) is 28.6. The molecule has 3 aromatic rings. The predicted molar refractivity (Wildman–Crippen MR) is 134 cm³/mol. The second-order valence-corrected chi connectivity index (χ2v) is 8.50. The molecule has 0 bridgehead atoms. The van der Waals surface area contributed by atoms with Crippen molar-refractivity contribution < 1.29 is 19.1 Å². The van der Waals surface area contributed by atoms with Gasteiger partial charge in [-0.25, -0.2) is 4.90 Å². The second-order valence-electron chi connectivity index (χ2n) is 8.50. The summed E-state index contributed by atoms with van der Waals surface area (Å²) in [5.41, 5.74) is 4.49. The molecule has 0 radical (unpaired) electrons. The number of carbonyl (C=O) groups excluding carboxylic acids is 2. The Bertz CT molecular complexity index is 1260. The molecule has 34 heavy (non-hydrogen) atoms. The van der Waals surface area contributed by atoms with Crippen molar-refractivity contribution in [3.05, 3.63) is 89.1 Å². The van der Waals surface area contributed by atoms with Gasteiger partial charge in [0, 0.05) is 11.8 Å². The number of aryl methyl sites for hydroxylation is 1. The van der Waals surface area contributed by atoms with Gasteiger partial charge in [-0.1, -0.05) is 55.8 Å². The van der Waals surface area contributed by atoms with Gasteiger partial charge in [0.2, 0.25) is 0 Å². The minimum Gasteiger partial charge on any atom is -0.497 e. The number of hydrogen-bond acceptors (Lipinski definition) is 5. The number of anilines is 2. The molecule has 1 aliphatic heterocycles. The lowest BCUT2D eigenvalue weighted by Gasteiger charge is -2.19. The highest BCUT2D eigenvalue weighted by molar-refractivity contribution is 6.46. The van der Waals surface area contributed by atoms with Gasteiger partial charge in [-0.3, -0.25) is 9.59 Å². The Morgan fingerprint density at radius 1 is 0.824 bits per heavy atom. The largest absolute Gasteiger partial charge is 0.497 e. The van der Waals surface area contributed by atoms with E-state index >= 15 is 0 Å². The number of carbonyl (C=O) groups is 2. The molecule has 6 nitrogen and oxygen atoms in total. The zero-order valence-corrected chi connectivity index (χ0v) is 20.0. The average molecular weight is 457 g/mol. The van der Waals surface area contributed by atoms with Gasteiger partial charge in [-0.2, -0.15) is 0 Å². The molecule has 1 aliphatic rings. The summed E-state index contributed by atoms with van der Waals surface area (Å²) < 4.78 is 10.8. The highest BCUT2D eigenvalue weighted by Crippen LogP contribution is 2.39. The summed E-state index contributed by atoms with van der Waals surface area (Å²) in [7, 11) is 3.03. The Morgan fingerprint density at radius 2 is 1.50 bits per heavy atom. The van der Waals surface area contributed by atoms with E-state index in [9.17, 15) is 9.59 Å². The number of imide groups is 1. The molecule has 0 atom stereocenters. The fourth-order valence-electron chi connectivity index (χ4n) is 3.92. The monoisotopic (exact) mass is 456 g/mol. The zero-order chi connectivity index (χ0) is 24.4. The SMILES string of the molecule is COc1ccc(OC)c(N2C(=O)C(Nc3ccc(C(C)C)cc3)=C(c3ccc(C)cc3)C2=O)c1. The number of amides is 2. The van der Waals surface area contributed by atoms with E-state index in [1.54, 1.807) is 18.2 Å². The lowest BCUT2D eigenvalue weighted by atomic mass is 10.0. The predicted octanol–water partition coefficient (Wildman–Crippen LogP) is 5.53. The van der Waals surface area contributed by atoms with E-state index in [1.165, 1.54) is 19.8 Å². The van der Waals surface area contributed by atoms with Gasteiger partial charge in [0.25, 0.3) is 11.8 Å². The number of nitrogens with one attached hydrogen (secondary N) is 1. The van der Waals surface area contributed by atoms with Crippen LogP contribution in [0, 0.1) is 6.92 Å². The van der Waals surface area contributed by atoms with E-state index < -0.39 is 11.8 Å². The van der Waals surface area contributed by atoms with Crippen molar-refractivity contribution in [3.63, 3.8) is 0 Å². The van der Waals surface area contributed by atoms with Crippen molar-refractivity contribution in [3.8, 4) is 11.5 Å². The molecular formula is C28H28N2O4. The van der Waals surface area contributed by atoms with Crippen LogP contribution in [0.2, 0.25) is 0 Å². The number of rotatable bonds is 7. The first kappa shape index (κ1) is 23.1. The van der Waals surface area contributed by atoms with Crippen molar-refractivity contribution in [2.75, 3.05) is 24.4 Å². The third-order valence-electron chi connectivity index (χ3n) is 5.90. The Kier molecular flexibility index (Phi) is 6.41. The molecule has 1 N–H and O–H groups in total. The first-order chi connectivity index (χ1) is 16.3. The van der Waals surface area contributed by atoms with Crippen LogP contribution < -0.4 is 19.7 Å². The van der Waals surface area contributed by atoms with Gasteiger partial charge in [-0.15, -0.1) is 0 Å². The van der Waals surface area contributed by atoms with Crippen LogP contribution in [0.3, 0.4) is 0 Å². The van der Waals surface area contributed by atoms with Crippen LogP contribution in [0.4, 0.5) is 11.4 Å². The van der Waals surface area contributed by atoms with Crippen LogP contribution in [-0.4, -0.2) is 26.0 Å².